The molecule has 0 fully saturated rings. The topological polar surface area (TPSA) is 0 Å². The molecule has 0 saturated heterocycles. The minimum absolute atomic E-state index is 1.18. The second-order valence-corrected chi connectivity index (χ2v) is 1.93. The van der Waals surface area contributed by atoms with Gasteiger partial charge in [0.15, 0.2) is 0 Å². The maximum absolute atomic E-state index is 3.10. The van der Waals surface area contributed by atoms with Crippen LogP contribution < -0.4 is 0 Å². The van der Waals surface area contributed by atoms with Gasteiger partial charge in [-0.15, -0.1) is 0 Å². The Hall–Kier alpha value is 0.468. The van der Waals surface area contributed by atoms with Crippen LogP contribution >= 0.6 is 0 Å². The molecule has 0 N–H and O–H groups in total. The Labute approximate surface area is 43.6 Å². The third-order valence-electron chi connectivity index (χ3n) is 0.352. The molecule has 0 nitrogen and oxygen atoms in total. The van der Waals surface area contributed by atoms with Crippen molar-refractivity contribution >= 4 is 0 Å². The number of unbranched alkanes of at least 4 members (excludes halogenated alkanes) is 1. The van der Waals surface area contributed by atoms with Gasteiger partial charge in [0.25, 0.3) is 0 Å². The summed E-state index contributed by atoms with van der Waals surface area (Å²) in [4.78, 5) is 0. The molecule has 0 aliphatic rings. The molecule has 0 bridgehead atoms. The van der Waals surface area contributed by atoms with Crippen LogP contribution in [-0.2, 0) is 19.2 Å². The Morgan fingerprint density at radius 2 is 2.40 bits per heavy atom. The van der Waals surface area contributed by atoms with Crippen molar-refractivity contribution in [1.29, 1.82) is 0 Å². The van der Waals surface area contributed by atoms with E-state index in [1.807, 2.05) is 0 Å². The van der Waals surface area contributed by atoms with Gasteiger partial charge in [0.05, 0.1) is 0 Å². The quantitative estimate of drug-likeness (QED) is 0.646. The van der Waals surface area contributed by atoms with E-state index in [0.29, 0.717) is 0 Å². The molecule has 29 valence electrons. The van der Waals surface area contributed by atoms with E-state index in [2.05, 4.69) is 11.1 Å². The second kappa shape index (κ2) is 4.47. The van der Waals surface area contributed by atoms with Gasteiger partial charge in [-0.2, -0.15) is 0 Å². The molecule has 0 aliphatic heterocycles. The van der Waals surface area contributed by atoms with E-state index in [9.17, 15) is 0 Å². The van der Waals surface area contributed by atoms with Crippen molar-refractivity contribution in [3.8, 4) is 4.20 Å². The molecule has 0 unspecified atom stereocenters. The zero-order valence-corrected chi connectivity index (χ0v) is 6.26. The van der Waals surface area contributed by atoms with E-state index in [0.717, 1.165) is 0 Å². The summed E-state index contributed by atoms with van der Waals surface area (Å²) in [5.74, 6) is 0. The molecule has 0 aromatic heterocycles. The first-order chi connectivity index (χ1) is 2.41. The van der Waals surface area contributed by atoms with Crippen molar-refractivity contribution in [2.24, 2.45) is 0 Å². The Morgan fingerprint density at radius 1 is 1.80 bits per heavy atom. The summed E-state index contributed by atoms with van der Waals surface area (Å²) >= 11 is 1.47. The molecule has 0 radical (unpaired) electrons. The van der Waals surface area contributed by atoms with Crippen LogP contribution in [0.5, 0.6) is 0 Å². The van der Waals surface area contributed by atoms with Crippen LogP contribution in [0.1, 0.15) is 19.8 Å². The van der Waals surface area contributed by atoms with Gasteiger partial charge >= 0.3 is 43.1 Å². The molecule has 0 aliphatic carbocycles. The van der Waals surface area contributed by atoms with Crippen molar-refractivity contribution in [3.63, 3.8) is 0 Å². The molecule has 0 spiro atoms. The second-order valence-electron chi connectivity index (χ2n) is 0.894. The van der Waals surface area contributed by atoms with Crippen molar-refractivity contribution in [2.45, 2.75) is 19.8 Å². The Kier molecular flexibility index (Phi) is 4.89. The first kappa shape index (κ1) is 5.47. The van der Waals surface area contributed by atoms with Crippen LogP contribution in [0.25, 0.3) is 0 Å². The fraction of sp³-hybridized carbons (Fsp3) is 0.750. The number of hydrogen-bond acceptors (Lipinski definition) is 0. The van der Waals surface area contributed by atoms with E-state index < -0.39 is 0 Å². The third-order valence-corrected chi connectivity index (χ3v) is 1.09. The van der Waals surface area contributed by atoms with Crippen molar-refractivity contribution < 1.29 is 19.2 Å². The van der Waals surface area contributed by atoms with E-state index in [4.69, 9.17) is 0 Å². The first-order valence-electron chi connectivity index (χ1n) is 1.76. The van der Waals surface area contributed by atoms with Crippen LogP contribution in [0.4, 0.5) is 0 Å². The van der Waals surface area contributed by atoms with E-state index in [1.54, 1.807) is 0 Å². The summed E-state index contributed by atoms with van der Waals surface area (Å²) in [5.41, 5.74) is 0. The fourth-order valence-corrected chi connectivity index (χ4v) is 0.835. The molecular formula is C4H7W. The van der Waals surface area contributed by atoms with Crippen molar-refractivity contribution in [3.05, 3.63) is 0 Å². The van der Waals surface area contributed by atoms with Crippen LogP contribution in [0, 0.1) is 4.20 Å². The van der Waals surface area contributed by atoms with Gasteiger partial charge in [-0.25, -0.2) is 0 Å². The zero-order chi connectivity index (χ0) is 4.12. The normalized spacial score (nSPS) is 6.40. The first-order valence-corrected chi connectivity index (χ1v) is 3.23. The maximum atomic E-state index is 3.10. The predicted molar refractivity (Wildman–Crippen MR) is 18.8 cm³/mol. The molecule has 0 aromatic rings. The summed E-state index contributed by atoms with van der Waals surface area (Å²) < 4.78 is 3.10. The van der Waals surface area contributed by atoms with E-state index >= 15 is 0 Å². The number of rotatable bonds is 1. The average Bonchev–Trinajstić information content (AvgIpc) is 1.41. The van der Waals surface area contributed by atoms with Gasteiger partial charge in [-0.3, -0.25) is 0 Å². The van der Waals surface area contributed by atoms with Crippen molar-refractivity contribution in [2.75, 3.05) is 0 Å². The molecule has 0 heterocycles. The molecule has 5 heavy (non-hydrogen) atoms. The van der Waals surface area contributed by atoms with Gasteiger partial charge in [0, 0.05) is 0 Å². The standard InChI is InChI=1S/C4H7.W/c1-3-4-2;/h3-4H2,1H3;. The monoisotopic (exact) mass is 239 g/mol. The summed E-state index contributed by atoms with van der Waals surface area (Å²) in [6.45, 7) is 2.16. The SMILES string of the molecule is CCC[C]#[W]. The number of hydrogen-bond donors (Lipinski definition) is 0. The molecule has 0 aromatic carbocycles. The van der Waals surface area contributed by atoms with Crippen LogP contribution in [-0.4, -0.2) is 0 Å². The van der Waals surface area contributed by atoms with Crippen LogP contribution in [0.2, 0.25) is 0 Å². The molecule has 0 saturated carbocycles. The zero-order valence-electron chi connectivity index (χ0n) is 3.32. The van der Waals surface area contributed by atoms with Crippen molar-refractivity contribution in [1.82, 2.24) is 0 Å². The summed E-state index contributed by atoms with van der Waals surface area (Å²) in [6, 6.07) is 0. The molecule has 0 rings (SSSR count). The summed E-state index contributed by atoms with van der Waals surface area (Å²) in [5, 5.41) is 0. The van der Waals surface area contributed by atoms with Gasteiger partial charge in [-0.1, -0.05) is 0 Å². The Morgan fingerprint density at radius 3 is 2.40 bits per heavy atom. The minimum atomic E-state index is 1.18. The van der Waals surface area contributed by atoms with Gasteiger partial charge in [0.2, 0.25) is 0 Å². The summed E-state index contributed by atoms with van der Waals surface area (Å²) in [7, 11) is 0. The van der Waals surface area contributed by atoms with Gasteiger partial charge < -0.3 is 0 Å². The average molecular weight is 239 g/mol. The fourth-order valence-electron chi connectivity index (χ4n) is 0.102. The van der Waals surface area contributed by atoms with Crippen LogP contribution in [0.3, 0.4) is 0 Å². The van der Waals surface area contributed by atoms with E-state index in [1.165, 1.54) is 32.0 Å². The Bertz CT molecular complexity index is 42.1. The third kappa shape index (κ3) is 4.47. The molecule has 0 amide bonds. The van der Waals surface area contributed by atoms with Crippen LogP contribution in [0.15, 0.2) is 0 Å². The predicted octanol–water partition coefficient (Wildman–Crippen LogP) is 1.29. The van der Waals surface area contributed by atoms with Gasteiger partial charge in [-0.05, 0) is 0 Å². The van der Waals surface area contributed by atoms with E-state index in [-0.39, 0.29) is 0 Å². The molecule has 1 heteroatoms. The molecule has 0 atom stereocenters. The Balaban J connectivity index is 2.48. The summed E-state index contributed by atoms with van der Waals surface area (Å²) in [6.07, 6.45) is 2.43. The van der Waals surface area contributed by atoms with Gasteiger partial charge in [0.1, 0.15) is 0 Å². The molecular weight excluding hydrogens is 232 g/mol.